The van der Waals surface area contributed by atoms with Crippen LogP contribution in [0.15, 0.2) is 49.2 Å². The summed E-state index contributed by atoms with van der Waals surface area (Å²) in [5.41, 5.74) is 4.08. The van der Waals surface area contributed by atoms with Crippen molar-refractivity contribution in [1.82, 2.24) is 30.3 Å². The molecule has 4 aromatic rings. The topological polar surface area (TPSA) is 117 Å². The van der Waals surface area contributed by atoms with Crippen LogP contribution in [0.25, 0.3) is 16.6 Å². The molecule has 10 nitrogen and oxygen atoms in total. The van der Waals surface area contributed by atoms with Crippen molar-refractivity contribution in [3.8, 4) is 17.5 Å². The smallest absolute Gasteiger partial charge is 0.406 e. The fourth-order valence-electron chi connectivity index (χ4n) is 4.55. The minimum Gasteiger partial charge on any atom is -0.406 e. The van der Waals surface area contributed by atoms with Crippen molar-refractivity contribution in [2.75, 3.05) is 31.1 Å². The van der Waals surface area contributed by atoms with Crippen LogP contribution in [0.1, 0.15) is 24.0 Å². The molecule has 5 rings (SSSR count). The Hall–Kier alpha value is -4.15. The van der Waals surface area contributed by atoms with Crippen LogP contribution in [0.5, 0.6) is 5.75 Å². The maximum Gasteiger partial charge on any atom is 0.573 e. The number of alkyl halides is 3. The number of hydrogen-bond acceptors (Lipinski definition) is 8. The van der Waals surface area contributed by atoms with Gasteiger partial charge in [-0.05, 0) is 54.8 Å². The van der Waals surface area contributed by atoms with Crippen molar-refractivity contribution in [2.45, 2.75) is 38.3 Å². The minimum absolute atomic E-state index is 0.0124. The average Bonchev–Trinajstić information content (AvgIpc) is 3.55. The first-order valence-electron chi connectivity index (χ1n) is 12.5. The maximum absolute atomic E-state index is 12.6. The molecule has 2 aromatic heterocycles. The van der Waals surface area contributed by atoms with Crippen LogP contribution in [0.3, 0.4) is 0 Å². The zero-order chi connectivity index (χ0) is 27.2. The number of hydrogen-bond donors (Lipinski definition) is 2. The number of H-pyrrole nitrogens is 1. The van der Waals surface area contributed by atoms with Crippen molar-refractivity contribution in [2.24, 2.45) is 0 Å². The molecule has 1 fully saturated rings. The SMILES string of the molecule is N#CCc1cc(CNCCCCOC2CN(c3cc(-n4cnnc4)cc4[nH]ncc34)C2)cc(OC(F)(F)F)c1. The normalized spacial score (nSPS) is 13.9. The summed E-state index contributed by atoms with van der Waals surface area (Å²) in [4.78, 5) is 2.26. The van der Waals surface area contributed by atoms with Crippen LogP contribution in [-0.4, -0.2) is 63.7 Å². The Morgan fingerprint density at radius 3 is 2.64 bits per heavy atom. The predicted octanol–water partition coefficient (Wildman–Crippen LogP) is 3.88. The summed E-state index contributed by atoms with van der Waals surface area (Å²) in [5, 5.41) is 28.2. The van der Waals surface area contributed by atoms with Gasteiger partial charge in [-0.25, -0.2) is 0 Å². The number of ether oxygens (including phenoxy) is 2. The number of unbranched alkanes of at least 4 members (excludes halogenated alkanes) is 1. The summed E-state index contributed by atoms with van der Waals surface area (Å²) in [5.74, 6) is -0.311. The monoisotopic (exact) mass is 540 g/mol. The van der Waals surface area contributed by atoms with E-state index in [1.165, 1.54) is 12.1 Å². The molecule has 0 amide bonds. The number of nitriles is 1. The molecule has 39 heavy (non-hydrogen) atoms. The van der Waals surface area contributed by atoms with E-state index in [0.717, 1.165) is 48.2 Å². The van der Waals surface area contributed by atoms with Crippen molar-refractivity contribution in [3.63, 3.8) is 0 Å². The Morgan fingerprint density at radius 2 is 1.87 bits per heavy atom. The standard InChI is InChI=1S/C26H27F3N8O2/c27-26(28,29)39-21-8-18(3-4-30)7-19(9-21)12-31-5-1-2-6-38-22-14-36(15-22)25-11-20(37-16-33-34-17-37)10-24-23(25)13-32-35-24/h7-11,13,16-17,22,31H,1-3,5-6,12,14-15H2,(H,32,35). The van der Waals surface area contributed by atoms with Gasteiger partial charge < -0.3 is 19.7 Å². The number of halogens is 3. The van der Waals surface area contributed by atoms with Crippen molar-refractivity contribution in [3.05, 3.63) is 60.3 Å². The third kappa shape index (κ3) is 6.84. The van der Waals surface area contributed by atoms with E-state index >= 15 is 0 Å². The number of nitrogens with one attached hydrogen (secondary N) is 2. The van der Waals surface area contributed by atoms with Gasteiger partial charge in [-0.2, -0.15) is 10.4 Å². The Kier molecular flexibility index (Phi) is 7.94. The lowest BCUT2D eigenvalue weighted by Crippen LogP contribution is -2.52. The third-order valence-electron chi connectivity index (χ3n) is 6.40. The molecular formula is C26H27F3N8O2. The minimum atomic E-state index is -4.78. The van der Waals surface area contributed by atoms with E-state index in [9.17, 15) is 13.2 Å². The average molecular weight is 541 g/mol. The first-order chi connectivity index (χ1) is 18.9. The van der Waals surface area contributed by atoms with E-state index in [4.69, 9.17) is 10.00 Å². The molecule has 204 valence electrons. The molecule has 0 radical (unpaired) electrons. The molecule has 3 heterocycles. The Balaban J connectivity index is 1.03. The van der Waals surface area contributed by atoms with Crippen LogP contribution in [0.4, 0.5) is 18.9 Å². The fourth-order valence-corrected chi connectivity index (χ4v) is 4.55. The highest BCUT2D eigenvalue weighted by Crippen LogP contribution is 2.32. The number of fused-ring (bicyclic) bond motifs is 1. The Labute approximate surface area is 222 Å². The third-order valence-corrected chi connectivity index (χ3v) is 6.40. The van der Waals surface area contributed by atoms with Crippen LogP contribution in [-0.2, 0) is 17.7 Å². The van der Waals surface area contributed by atoms with Crippen molar-refractivity contribution < 1.29 is 22.6 Å². The second-order valence-corrected chi connectivity index (χ2v) is 9.31. The number of anilines is 1. The van der Waals surface area contributed by atoms with Crippen LogP contribution in [0.2, 0.25) is 0 Å². The van der Waals surface area contributed by atoms with E-state index < -0.39 is 6.36 Å². The lowest BCUT2D eigenvalue weighted by Gasteiger charge is -2.41. The van der Waals surface area contributed by atoms with Gasteiger partial charge in [-0.3, -0.25) is 9.67 Å². The molecule has 0 unspecified atom stereocenters. The lowest BCUT2D eigenvalue weighted by molar-refractivity contribution is -0.274. The van der Waals surface area contributed by atoms with Gasteiger partial charge in [0.25, 0.3) is 0 Å². The summed E-state index contributed by atoms with van der Waals surface area (Å²) >= 11 is 0. The molecule has 1 saturated heterocycles. The molecule has 0 spiro atoms. The van der Waals surface area contributed by atoms with Crippen molar-refractivity contribution in [1.29, 1.82) is 5.26 Å². The van der Waals surface area contributed by atoms with Gasteiger partial charge in [-0.1, -0.05) is 6.07 Å². The number of nitrogens with zero attached hydrogens (tertiary/aromatic N) is 6. The van der Waals surface area contributed by atoms with Crippen LogP contribution < -0.4 is 15.0 Å². The molecule has 13 heteroatoms. The highest BCUT2D eigenvalue weighted by atomic mass is 19.4. The second kappa shape index (κ2) is 11.7. The molecule has 0 atom stereocenters. The molecular weight excluding hydrogens is 513 g/mol. The number of rotatable bonds is 12. The van der Waals surface area contributed by atoms with Gasteiger partial charge in [0, 0.05) is 31.6 Å². The highest BCUT2D eigenvalue weighted by Gasteiger charge is 2.31. The lowest BCUT2D eigenvalue weighted by atomic mass is 10.1. The molecule has 2 aromatic carbocycles. The van der Waals surface area contributed by atoms with Gasteiger partial charge in [0.05, 0.1) is 41.7 Å². The van der Waals surface area contributed by atoms with Gasteiger partial charge in [0.1, 0.15) is 18.4 Å². The number of aromatic nitrogens is 5. The van der Waals surface area contributed by atoms with E-state index in [1.54, 1.807) is 18.7 Å². The zero-order valence-electron chi connectivity index (χ0n) is 21.0. The van der Waals surface area contributed by atoms with E-state index in [1.807, 2.05) is 22.9 Å². The second-order valence-electron chi connectivity index (χ2n) is 9.31. The zero-order valence-corrected chi connectivity index (χ0v) is 21.0. The highest BCUT2D eigenvalue weighted by molar-refractivity contribution is 5.94. The molecule has 0 bridgehead atoms. The van der Waals surface area contributed by atoms with Gasteiger partial charge in [0.2, 0.25) is 0 Å². The molecule has 0 saturated carbocycles. The van der Waals surface area contributed by atoms with E-state index in [2.05, 4.69) is 41.4 Å². The van der Waals surface area contributed by atoms with Gasteiger partial charge >= 0.3 is 6.36 Å². The van der Waals surface area contributed by atoms with Crippen LogP contribution >= 0.6 is 0 Å². The van der Waals surface area contributed by atoms with E-state index in [-0.39, 0.29) is 18.3 Å². The van der Waals surface area contributed by atoms with Crippen LogP contribution in [0, 0.1) is 11.3 Å². The largest absolute Gasteiger partial charge is 0.573 e. The summed E-state index contributed by atoms with van der Waals surface area (Å²) in [7, 11) is 0. The maximum atomic E-state index is 12.6. The summed E-state index contributed by atoms with van der Waals surface area (Å²) < 4.78 is 49.7. The first kappa shape index (κ1) is 26.5. The Morgan fingerprint density at radius 1 is 1.08 bits per heavy atom. The molecule has 1 aliphatic rings. The fraction of sp³-hybridized carbons (Fsp3) is 0.385. The van der Waals surface area contributed by atoms with Gasteiger partial charge in [0.15, 0.2) is 0 Å². The van der Waals surface area contributed by atoms with Crippen molar-refractivity contribution >= 4 is 16.6 Å². The number of aromatic amines is 1. The summed E-state index contributed by atoms with van der Waals surface area (Å²) in [6.07, 6.45) is 2.24. The van der Waals surface area contributed by atoms with E-state index in [0.29, 0.717) is 30.8 Å². The molecule has 1 aliphatic heterocycles. The summed E-state index contributed by atoms with van der Waals surface area (Å²) in [6.45, 7) is 3.26. The number of benzene rings is 2. The molecule has 0 aliphatic carbocycles. The Bertz CT molecular complexity index is 1430. The quantitative estimate of drug-likeness (QED) is 0.260. The van der Waals surface area contributed by atoms with Gasteiger partial charge in [-0.15, -0.1) is 23.4 Å². The predicted molar refractivity (Wildman–Crippen MR) is 136 cm³/mol. The summed E-state index contributed by atoms with van der Waals surface area (Å²) in [6, 6.07) is 10.3. The first-order valence-corrected chi connectivity index (χ1v) is 12.5. The molecule has 2 N–H and O–H groups in total.